The number of primary sulfonamides is 1. The zero-order chi connectivity index (χ0) is 27.9. The van der Waals surface area contributed by atoms with E-state index in [0.717, 1.165) is 56.1 Å². The lowest BCUT2D eigenvalue weighted by atomic mass is 10.1. The van der Waals surface area contributed by atoms with Crippen molar-refractivity contribution in [3.05, 3.63) is 80.6 Å². The zero-order valence-electron chi connectivity index (χ0n) is 21.4. The number of nitrogens with two attached hydrogens (primary N) is 1. The normalized spacial score (nSPS) is 13.6. The molecule has 204 valence electrons. The van der Waals surface area contributed by atoms with Crippen molar-refractivity contribution in [3.63, 3.8) is 0 Å². The van der Waals surface area contributed by atoms with Gasteiger partial charge in [-0.2, -0.15) is 0 Å². The standard InChI is InChI=1S/C28H27BrFN3O4S2/c1-3-37-28(34)26-16(2)38-27(32-26)21-14-23(19-5-4-6-20(29)13-19)33(24(21)12-17-7-8-17)15-18-9-10-25(22(30)11-18)39(31,35)36/h4-6,9-11,13-14,17H,3,7-8,12,15H2,1-2H3,(H2,31,35,36). The molecule has 1 saturated carbocycles. The monoisotopic (exact) mass is 631 g/mol. The first-order valence-corrected chi connectivity index (χ1v) is 15.6. The molecule has 0 radical (unpaired) electrons. The van der Waals surface area contributed by atoms with Gasteiger partial charge in [0.1, 0.15) is 15.7 Å². The van der Waals surface area contributed by atoms with Gasteiger partial charge in [-0.15, -0.1) is 11.3 Å². The molecule has 0 spiro atoms. The van der Waals surface area contributed by atoms with E-state index in [1.54, 1.807) is 13.0 Å². The van der Waals surface area contributed by atoms with Crippen molar-refractivity contribution >= 4 is 43.3 Å². The smallest absolute Gasteiger partial charge is 0.358 e. The van der Waals surface area contributed by atoms with Gasteiger partial charge >= 0.3 is 5.97 Å². The van der Waals surface area contributed by atoms with E-state index in [0.29, 0.717) is 23.7 Å². The van der Waals surface area contributed by atoms with Crippen molar-refractivity contribution < 1.29 is 22.3 Å². The van der Waals surface area contributed by atoms with Crippen LogP contribution in [0.2, 0.25) is 0 Å². The van der Waals surface area contributed by atoms with Crippen LogP contribution in [0.3, 0.4) is 0 Å². The number of esters is 1. The lowest BCUT2D eigenvalue weighted by Gasteiger charge is -2.16. The van der Waals surface area contributed by atoms with Gasteiger partial charge in [-0.3, -0.25) is 0 Å². The molecular weight excluding hydrogens is 605 g/mol. The lowest BCUT2D eigenvalue weighted by Crippen LogP contribution is -2.14. The maximum atomic E-state index is 14.8. The Morgan fingerprint density at radius 3 is 2.64 bits per heavy atom. The van der Waals surface area contributed by atoms with Crippen LogP contribution in [-0.2, 0) is 27.7 Å². The molecule has 39 heavy (non-hydrogen) atoms. The number of rotatable bonds is 9. The number of thiazole rings is 1. The molecule has 0 bridgehead atoms. The van der Waals surface area contributed by atoms with E-state index in [9.17, 15) is 17.6 Å². The van der Waals surface area contributed by atoms with Crippen molar-refractivity contribution in [2.45, 2.75) is 44.6 Å². The van der Waals surface area contributed by atoms with Gasteiger partial charge in [-0.1, -0.05) is 34.1 Å². The van der Waals surface area contributed by atoms with Crippen LogP contribution < -0.4 is 5.14 Å². The number of aromatic nitrogens is 2. The van der Waals surface area contributed by atoms with Crippen LogP contribution in [0.5, 0.6) is 0 Å². The minimum absolute atomic E-state index is 0.266. The second-order valence-corrected chi connectivity index (χ2v) is 13.2. The number of hydrogen-bond donors (Lipinski definition) is 1. The summed E-state index contributed by atoms with van der Waals surface area (Å²) in [6, 6.07) is 14.0. The van der Waals surface area contributed by atoms with E-state index in [-0.39, 0.29) is 6.61 Å². The zero-order valence-corrected chi connectivity index (χ0v) is 24.6. The molecular formula is C28H27BrFN3O4S2. The molecule has 1 fully saturated rings. The summed E-state index contributed by atoms with van der Waals surface area (Å²) in [5.74, 6) is -0.803. The van der Waals surface area contributed by atoms with E-state index < -0.39 is 26.7 Å². The molecule has 0 saturated heterocycles. The molecule has 4 aromatic rings. The molecule has 0 atom stereocenters. The summed E-state index contributed by atoms with van der Waals surface area (Å²) in [6.07, 6.45) is 3.05. The number of carbonyl (C=O) groups is 1. The molecule has 7 nitrogen and oxygen atoms in total. The van der Waals surface area contributed by atoms with Gasteiger partial charge < -0.3 is 9.30 Å². The molecule has 1 aliphatic carbocycles. The average Bonchev–Trinajstić information content (AvgIpc) is 3.50. The highest BCUT2D eigenvalue weighted by molar-refractivity contribution is 9.10. The number of benzene rings is 2. The van der Waals surface area contributed by atoms with Gasteiger partial charge in [0.2, 0.25) is 10.0 Å². The van der Waals surface area contributed by atoms with Gasteiger partial charge in [0.25, 0.3) is 0 Å². The van der Waals surface area contributed by atoms with Crippen LogP contribution in [0.15, 0.2) is 57.9 Å². The number of carbonyl (C=O) groups excluding carboxylic acids is 1. The largest absolute Gasteiger partial charge is 0.461 e. The molecule has 0 aliphatic heterocycles. The van der Waals surface area contributed by atoms with Gasteiger partial charge in [-0.05, 0) is 80.5 Å². The third-order valence-electron chi connectivity index (χ3n) is 6.65. The van der Waals surface area contributed by atoms with E-state index >= 15 is 0 Å². The average molecular weight is 633 g/mol. The minimum atomic E-state index is -4.17. The quantitative estimate of drug-likeness (QED) is 0.218. The Morgan fingerprint density at radius 1 is 1.23 bits per heavy atom. The Balaban J connectivity index is 1.68. The Bertz CT molecular complexity index is 1680. The second-order valence-electron chi connectivity index (χ2n) is 9.59. The molecule has 2 N–H and O–H groups in total. The van der Waals surface area contributed by atoms with E-state index in [4.69, 9.17) is 14.9 Å². The molecule has 0 amide bonds. The molecule has 11 heteroatoms. The molecule has 5 rings (SSSR count). The van der Waals surface area contributed by atoms with Gasteiger partial charge in [0, 0.05) is 32.8 Å². The summed E-state index contributed by atoms with van der Waals surface area (Å²) in [5.41, 5.74) is 4.72. The fraction of sp³-hybridized carbons (Fsp3) is 0.286. The Hall–Kier alpha value is -2.86. The van der Waals surface area contributed by atoms with E-state index in [1.165, 1.54) is 23.5 Å². The number of halogens is 2. The summed E-state index contributed by atoms with van der Waals surface area (Å²) in [4.78, 5) is 17.4. The number of hydrogen-bond acceptors (Lipinski definition) is 6. The first kappa shape index (κ1) is 27.7. The summed E-state index contributed by atoms with van der Waals surface area (Å²) in [7, 11) is -4.17. The van der Waals surface area contributed by atoms with Gasteiger partial charge in [0.05, 0.1) is 6.61 Å². The van der Waals surface area contributed by atoms with Crippen molar-refractivity contribution in [2.75, 3.05) is 6.61 Å². The first-order valence-electron chi connectivity index (χ1n) is 12.5. The number of aryl methyl sites for hydroxylation is 1. The molecule has 2 aromatic heterocycles. The van der Waals surface area contributed by atoms with E-state index in [2.05, 4.69) is 26.6 Å². The topological polar surface area (TPSA) is 104 Å². The summed E-state index contributed by atoms with van der Waals surface area (Å²) in [6.45, 7) is 4.19. The predicted octanol–water partition coefficient (Wildman–Crippen LogP) is 6.31. The van der Waals surface area contributed by atoms with Gasteiger partial charge in [0.15, 0.2) is 5.69 Å². The van der Waals surface area contributed by atoms with Crippen LogP contribution in [0, 0.1) is 18.7 Å². The summed E-state index contributed by atoms with van der Waals surface area (Å²) in [5, 5.41) is 5.89. The highest BCUT2D eigenvalue weighted by Crippen LogP contribution is 2.42. The van der Waals surface area contributed by atoms with Crippen molar-refractivity contribution in [1.29, 1.82) is 0 Å². The summed E-state index contributed by atoms with van der Waals surface area (Å²) < 4.78 is 46.5. The Kier molecular flexibility index (Phi) is 7.78. The van der Waals surface area contributed by atoms with Gasteiger partial charge in [-0.25, -0.2) is 27.7 Å². The Morgan fingerprint density at radius 2 is 2.00 bits per heavy atom. The van der Waals surface area contributed by atoms with Crippen molar-refractivity contribution in [2.24, 2.45) is 11.1 Å². The van der Waals surface area contributed by atoms with Crippen LogP contribution in [0.4, 0.5) is 4.39 Å². The third-order valence-corrected chi connectivity index (χ3v) is 9.09. The number of ether oxygens (including phenoxy) is 1. The van der Waals surface area contributed by atoms with Crippen LogP contribution in [0.1, 0.15) is 46.4 Å². The molecule has 1 aliphatic rings. The van der Waals surface area contributed by atoms with Crippen LogP contribution in [0.25, 0.3) is 21.8 Å². The number of sulfonamides is 1. The fourth-order valence-corrected chi connectivity index (χ4v) is 6.54. The van der Waals surface area contributed by atoms with Crippen LogP contribution >= 0.6 is 27.3 Å². The Labute approximate surface area is 239 Å². The van der Waals surface area contributed by atoms with Crippen molar-refractivity contribution in [3.8, 4) is 21.8 Å². The molecule has 0 unspecified atom stereocenters. The number of nitrogens with zero attached hydrogens (tertiary/aromatic N) is 2. The van der Waals surface area contributed by atoms with Crippen LogP contribution in [-0.4, -0.2) is 30.5 Å². The fourth-order valence-electron chi connectivity index (χ4n) is 4.61. The second kappa shape index (κ2) is 11.0. The SMILES string of the molecule is CCOC(=O)c1nc(-c2cc(-c3cccc(Br)c3)n(Cc3ccc(S(N)(=O)=O)c(F)c3)c2CC2CC2)sc1C. The molecule has 2 aromatic carbocycles. The van der Waals surface area contributed by atoms with Crippen molar-refractivity contribution in [1.82, 2.24) is 9.55 Å². The maximum absolute atomic E-state index is 14.8. The first-order chi connectivity index (χ1) is 18.5. The lowest BCUT2D eigenvalue weighted by molar-refractivity contribution is 0.0519. The third kappa shape index (κ3) is 6.01. The van der Waals surface area contributed by atoms with E-state index in [1.807, 2.05) is 31.2 Å². The molecule has 2 heterocycles. The summed E-state index contributed by atoms with van der Waals surface area (Å²) >= 11 is 5.00. The highest BCUT2D eigenvalue weighted by atomic mass is 79.9. The highest BCUT2D eigenvalue weighted by Gasteiger charge is 2.29. The maximum Gasteiger partial charge on any atom is 0.358 e. The predicted molar refractivity (Wildman–Crippen MR) is 153 cm³/mol. The minimum Gasteiger partial charge on any atom is -0.461 e.